The number of hydrogen-bond acceptors (Lipinski definition) is 3. The van der Waals surface area contributed by atoms with Crippen molar-refractivity contribution in [3.8, 4) is 11.5 Å². The molecule has 1 aromatic carbocycles. The Kier molecular flexibility index (Phi) is 22.1. The van der Waals surface area contributed by atoms with Crippen molar-refractivity contribution in [2.45, 2.75) is 117 Å². The summed E-state index contributed by atoms with van der Waals surface area (Å²) in [6, 6.07) is 5.85. The van der Waals surface area contributed by atoms with Crippen molar-refractivity contribution in [3.05, 3.63) is 24.3 Å². The molecule has 0 atom stereocenters. The number of ether oxygens (including phenoxy) is 1. The van der Waals surface area contributed by atoms with Gasteiger partial charge >= 0.3 is 0 Å². The zero-order chi connectivity index (χ0) is 21.4. The van der Waals surface area contributed by atoms with E-state index in [0.717, 1.165) is 13.2 Å². The molecule has 0 amide bonds. The van der Waals surface area contributed by atoms with Crippen LogP contribution in [0.2, 0.25) is 0 Å². The molecule has 0 aliphatic heterocycles. The Morgan fingerprint density at radius 1 is 0.552 bits per heavy atom. The Balaban J connectivity index is 0.000000807. The molecule has 2 N–H and O–H groups in total. The number of aromatic hydroxyl groups is 2. The van der Waals surface area contributed by atoms with Crippen LogP contribution < -0.4 is 0 Å². The fraction of sp³-hybridized carbons (Fsp3) is 0.769. The molecule has 0 radical (unpaired) electrons. The molecular weight excluding hydrogens is 360 g/mol. The quantitative estimate of drug-likeness (QED) is 0.240. The van der Waals surface area contributed by atoms with Gasteiger partial charge in [0.15, 0.2) is 0 Å². The first-order valence-corrected chi connectivity index (χ1v) is 12.3. The van der Waals surface area contributed by atoms with Gasteiger partial charge in [-0.05, 0) is 25.0 Å². The maximum Gasteiger partial charge on any atom is 0.119 e. The number of phenolic OH excluding ortho intramolecular Hbond substituents is 2. The van der Waals surface area contributed by atoms with Crippen LogP contribution in [0.1, 0.15) is 117 Å². The highest BCUT2D eigenvalue weighted by atomic mass is 16.5. The van der Waals surface area contributed by atoms with Gasteiger partial charge in [0.2, 0.25) is 0 Å². The van der Waals surface area contributed by atoms with Gasteiger partial charge in [-0.2, -0.15) is 0 Å². The minimum absolute atomic E-state index is 0.0880. The highest BCUT2D eigenvalue weighted by molar-refractivity contribution is 5.30. The van der Waals surface area contributed by atoms with E-state index in [-0.39, 0.29) is 11.5 Å². The summed E-state index contributed by atoms with van der Waals surface area (Å²) in [5.41, 5.74) is 0. The molecule has 0 aliphatic carbocycles. The Hall–Kier alpha value is -1.22. The van der Waals surface area contributed by atoms with E-state index in [1.807, 2.05) is 0 Å². The largest absolute Gasteiger partial charge is 0.508 e. The maximum absolute atomic E-state index is 8.65. The molecule has 0 saturated heterocycles. The molecular formula is C26H48O3. The van der Waals surface area contributed by atoms with Crippen LogP contribution in [0.5, 0.6) is 11.5 Å². The van der Waals surface area contributed by atoms with Gasteiger partial charge < -0.3 is 14.9 Å². The summed E-state index contributed by atoms with van der Waals surface area (Å²) >= 11 is 0. The summed E-state index contributed by atoms with van der Waals surface area (Å²) in [6.07, 6.45) is 22.2. The SMILES string of the molecule is CCCCCCCCCCOCCCCCCCCCC.Oc1cccc(O)c1. The second-order valence-corrected chi connectivity index (χ2v) is 8.08. The van der Waals surface area contributed by atoms with E-state index < -0.39 is 0 Å². The number of rotatable bonds is 18. The van der Waals surface area contributed by atoms with Gasteiger partial charge in [-0.15, -0.1) is 0 Å². The van der Waals surface area contributed by atoms with Crippen LogP contribution in [-0.4, -0.2) is 23.4 Å². The molecule has 1 aromatic rings. The van der Waals surface area contributed by atoms with E-state index >= 15 is 0 Å². The van der Waals surface area contributed by atoms with Gasteiger partial charge in [-0.3, -0.25) is 0 Å². The van der Waals surface area contributed by atoms with Crippen LogP contribution in [0.3, 0.4) is 0 Å². The number of benzene rings is 1. The molecule has 3 nitrogen and oxygen atoms in total. The van der Waals surface area contributed by atoms with E-state index in [1.165, 1.54) is 121 Å². The van der Waals surface area contributed by atoms with Crippen LogP contribution in [0, 0.1) is 0 Å². The van der Waals surface area contributed by atoms with Gasteiger partial charge in [0.1, 0.15) is 11.5 Å². The van der Waals surface area contributed by atoms with Crippen LogP contribution in [0.15, 0.2) is 24.3 Å². The first kappa shape index (κ1) is 27.8. The van der Waals surface area contributed by atoms with E-state index in [2.05, 4.69) is 13.8 Å². The van der Waals surface area contributed by atoms with Gasteiger partial charge in [0, 0.05) is 19.3 Å². The zero-order valence-corrected chi connectivity index (χ0v) is 19.3. The topological polar surface area (TPSA) is 49.7 Å². The first-order valence-electron chi connectivity index (χ1n) is 12.3. The minimum atomic E-state index is 0.0880. The number of hydrogen-bond donors (Lipinski definition) is 2. The second kappa shape index (κ2) is 23.1. The maximum atomic E-state index is 8.65. The molecule has 0 aliphatic rings. The van der Waals surface area contributed by atoms with E-state index in [9.17, 15) is 0 Å². The highest BCUT2D eigenvalue weighted by Crippen LogP contribution is 2.15. The zero-order valence-electron chi connectivity index (χ0n) is 19.3. The molecule has 0 spiro atoms. The van der Waals surface area contributed by atoms with Crippen molar-refractivity contribution in [3.63, 3.8) is 0 Å². The normalized spacial score (nSPS) is 10.6. The van der Waals surface area contributed by atoms with Crippen LogP contribution in [-0.2, 0) is 4.74 Å². The second-order valence-electron chi connectivity index (χ2n) is 8.08. The van der Waals surface area contributed by atoms with E-state index in [4.69, 9.17) is 14.9 Å². The summed E-state index contributed by atoms with van der Waals surface area (Å²) in [6.45, 7) is 6.55. The van der Waals surface area contributed by atoms with Crippen molar-refractivity contribution in [1.29, 1.82) is 0 Å². The predicted molar refractivity (Wildman–Crippen MR) is 126 cm³/mol. The summed E-state index contributed by atoms with van der Waals surface area (Å²) < 4.78 is 5.72. The smallest absolute Gasteiger partial charge is 0.119 e. The molecule has 0 fully saturated rings. The Bertz CT molecular complexity index is 398. The van der Waals surface area contributed by atoms with Gasteiger partial charge in [0.05, 0.1) is 0 Å². The summed E-state index contributed by atoms with van der Waals surface area (Å²) in [5.74, 6) is 0.176. The Morgan fingerprint density at radius 3 is 1.21 bits per heavy atom. The van der Waals surface area contributed by atoms with Gasteiger partial charge in [-0.25, -0.2) is 0 Å². The third kappa shape index (κ3) is 22.9. The van der Waals surface area contributed by atoms with Crippen molar-refractivity contribution >= 4 is 0 Å². The molecule has 0 unspecified atom stereocenters. The average Bonchev–Trinajstić information content (AvgIpc) is 2.71. The molecule has 29 heavy (non-hydrogen) atoms. The van der Waals surface area contributed by atoms with Crippen molar-refractivity contribution in [2.24, 2.45) is 0 Å². The lowest BCUT2D eigenvalue weighted by atomic mass is 10.1. The number of phenols is 2. The summed E-state index contributed by atoms with van der Waals surface area (Å²) in [4.78, 5) is 0. The third-order valence-corrected chi connectivity index (χ3v) is 5.11. The first-order chi connectivity index (χ1) is 14.2. The minimum Gasteiger partial charge on any atom is -0.508 e. The third-order valence-electron chi connectivity index (χ3n) is 5.11. The number of unbranched alkanes of at least 4 members (excludes halogenated alkanes) is 14. The predicted octanol–water partition coefficient (Wildman–Crippen LogP) is 8.38. The monoisotopic (exact) mass is 408 g/mol. The van der Waals surface area contributed by atoms with Gasteiger partial charge in [-0.1, -0.05) is 110 Å². The summed E-state index contributed by atoms with van der Waals surface area (Å²) in [7, 11) is 0. The van der Waals surface area contributed by atoms with Crippen LogP contribution >= 0.6 is 0 Å². The van der Waals surface area contributed by atoms with Crippen molar-refractivity contribution < 1.29 is 14.9 Å². The summed E-state index contributed by atoms with van der Waals surface area (Å²) in [5, 5.41) is 17.3. The molecule has 0 heterocycles. The molecule has 170 valence electrons. The van der Waals surface area contributed by atoms with E-state index in [0.29, 0.717) is 0 Å². The molecule has 3 heteroatoms. The molecule has 0 bridgehead atoms. The lowest BCUT2D eigenvalue weighted by Gasteiger charge is -2.05. The van der Waals surface area contributed by atoms with E-state index in [1.54, 1.807) is 6.07 Å². The van der Waals surface area contributed by atoms with Crippen LogP contribution in [0.4, 0.5) is 0 Å². The molecule has 0 saturated carbocycles. The Labute approximate surface area is 180 Å². The fourth-order valence-corrected chi connectivity index (χ4v) is 3.27. The highest BCUT2D eigenvalue weighted by Gasteiger charge is 1.94. The fourth-order valence-electron chi connectivity index (χ4n) is 3.27. The van der Waals surface area contributed by atoms with Crippen molar-refractivity contribution in [2.75, 3.05) is 13.2 Å². The van der Waals surface area contributed by atoms with Gasteiger partial charge in [0.25, 0.3) is 0 Å². The molecule has 0 aromatic heterocycles. The molecule has 1 rings (SSSR count). The van der Waals surface area contributed by atoms with Crippen LogP contribution in [0.25, 0.3) is 0 Å². The lowest BCUT2D eigenvalue weighted by molar-refractivity contribution is 0.125. The van der Waals surface area contributed by atoms with Crippen molar-refractivity contribution in [1.82, 2.24) is 0 Å². The average molecular weight is 409 g/mol. The Morgan fingerprint density at radius 2 is 0.897 bits per heavy atom. The standard InChI is InChI=1S/C20H42O.C6H6O2/c1-3-5-7-9-11-13-15-17-19-21-20-18-16-14-12-10-8-6-4-2;7-5-2-1-3-6(8)4-5/h3-20H2,1-2H3;1-4,7-8H. The lowest BCUT2D eigenvalue weighted by Crippen LogP contribution is -1.97.